The zero-order valence-electron chi connectivity index (χ0n) is 32.0. The number of nitrogens with one attached hydrogen (secondary N) is 2. The second kappa shape index (κ2) is 26.9. The van der Waals surface area contributed by atoms with Crippen molar-refractivity contribution < 1.29 is 200 Å². The summed E-state index contributed by atoms with van der Waals surface area (Å²) >= 11 is 5.14. The Morgan fingerprint density at radius 3 is 1.62 bits per heavy atom. The first-order valence-electron chi connectivity index (χ1n) is 15.9. The number of thiazole rings is 2. The van der Waals surface area contributed by atoms with Gasteiger partial charge in [0.05, 0.1) is 0 Å². The molecule has 0 aromatic carbocycles. The minimum absolute atomic E-state index is 0. The fourth-order valence-corrected chi connectivity index (χ4v) is 6.47. The summed E-state index contributed by atoms with van der Waals surface area (Å²) < 4.78 is 72.2. The van der Waals surface area contributed by atoms with E-state index in [2.05, 4.69) is 74.4 Å². The number of nitrogens with zero attached hydrogens (tertiary/aromatic N) is 8. The first-order chi connectivity index (χ1) is 26.3. The van der Waals surface area contributed by atoms with Gasteiger partial charge in [-0.05, 0) is 55.5 Å². The minimum Gasteiger partial charge on any atom is -1.00 e. The van der Waals surface area contributed by atoms with Crippen LogP contribution in [-0.4, -0.2) is 103 Å². The second-order valence-corrected chi connectivity index (χ2v) is 14.4. The summed E-state index contributed by atoms with van der Waals surface area (Å²) in [6.45, 7) is 5.96. The SMILES string of the molecule is C[C@@H]1CCCN1c1ncc(-c2nc(NC(=O)C(F)(F)F)cs2)cn1.C[C@@H]1CCCN1c1ncc(B(O)O)cn1.O=C(Nc1csc(Br)n1)C(F)(F)F.O=CO[O-].[Cs+].[Cs+].[H-]. The Morgan fingerprint density at radius 2 is 1.28 bits per heavy atom. The maximum absolute atomic E-state index is 12.2. The van der Waals surface area contributed by atoms with Gasteiger partial charge in [-0.2, -0.15) is 26.3 Å². The number of hydrogen-bond donors (Lipinski definition) is 4. The van der Waals surface area contributed by atoms with Crippen LogP contribution in [0, 0.1) is 0 Å². The van der Waals surface area contributed by atoms with E-state index in [1.54, 1.807) is 23.0 Å². The van der Waals surface area contributed by atoms with Crippen LogP contribution in [0.4, 0.5) is 49.9 Å². The van der Waals surface area contributed by atoms with Crippen molar-refractivity contribution >= 4 is 93.0 Å². The summed E-state index contributed by atoms with van der Waals surface area (Å²) in [5.74, 6) is -3.02. The van der Waals surface area contributed by atoms with Crippen LogP contribution in [0.25, 0.3) is 10.6 Å². The number of carbonyl (C=O) groups is 3. The van der Waals surface area contributed by atoms with Gasteiger partial charge in [-0.15, -0.1) is 22.7 Å². The van der Waals surface area contributed by atoms with Crippen LogP contribution in [0.5, 0.6) is 0 Å². The molecule has 2 atom stereocenters. The Balaban J connectivity index is 0.000000837. The van der Waals surface area contributed by atoms with Crippen LogP contribution >= 0.6 is 38.6 Å². The average Bonchev–Trinajstić information content (AvgIpc) is 3.98. The molecule has 2 aliphatic rings. The monoisotopic (exact) mass is 1170 g/mol. The Labute approximate surface area is 462 Å². The summed E-state index contributed by atoms with van der Waals surface area (Å²) in [4.78, 5) is 61.2. The zero-order chi connectivity index (χ0) is 41.6. The number of carbonyl (C=O) groups excluding carboxylic acids is 3. The number of halogens is 7. The molecule has 0 aliphatic carbocycles. The number of hydrogen-bond acceptors (Lipinski definition) is 17. The average molecular weight is 1170 g/mol. The molecule has 2 aliphatic heterocycles. The first kappa shape index (κ1) is 55.6. The van der Waals surface area contributed by atoms with E-state index in [4.69, 9.17) is 20.1 Å². The van der Waals surface area contributed by atoms with Gasteiger partial charge in [0, 0.05) is 71.7 Å². The number of amides is 2. The molecule has 0 bridgehead atoms. The topological polar surface area (TPSA) is 232 Å². The largest absolute Gasteiger partial charge is 1.00 e. The molecule has 306 valence electrons. The molecule has 0 unspecified atom stereocenters. The van der Waals surface area contributed by atoms with Gasteiger partial charge >= 0.3 is 169 Å². The molecular weight excluding hydrogens is 1140 g/mol. The van der Waals surface area contributed by atoms with Crippen LogP contribution in [0.2, 0.25) is 0 Å². The van der Waals surface area contributed by atoms with Crippen LogP contribution in [0.15, 0.2) is 39.5 Å². The van der Waals surface area contributed by atoms with Crippen molar-refractivity contribution in [2.75, 3.05) is 33.5 Å². The maximum atomic E-state index is 12.2. The number of rotatable bonds is 7. The Hall–Kier alpha value is -0.461. The molecule has 0 radical (unpaired) electrons. The van der Waals surface area contributed by atoms with Crippen LogP contribution in [0.1, 0.15) is 41.0 Å². The van der Waals surface area contributed by atoms with Crippen LogP contribution in [0.3, 0.4) is 0 Å². The molecule has 6 rings (SSSR count). The van der Waals surface area contributed by atoms with E-state index >= 15 is 0 Å². The van der Waals surface area contributed by atoms with Gasteiger partial charge in [0.2, 0.25) is 11.9 Å². The van der Waals surface area contributed by atoms with Crippen molar-refractivity contribution in [1.82, 2.24) is 29.9 Å². The molecule has 58 heavy (non-hydrogen) atoms. The van der Waals surface area contributed by atoms with Crippen molar-refractivity contribution in [2.45, 2.75) is 64.0 Å². The van der Waals surface area contributed by atoms with E-state index in [0.29, 0.717) is 43.9 Å². The number of alkyl halides is 6. The quantitative estimate of drug-likeness (QED) is 0.0482. The molecule has 6 heterocycles. The summed E-state index contributed by atoms with van der Waals surface area (Å²) in [7, 11) is -1.49. The molecule has 17 nitrogen and oxygen atoms in total. The van der Waals surface area contributed by atoms with E-state index in [1.807, 2.05) is 0 Å². The van der Waals surface area contributed by atoms with Crippen LogP contribution < -0.4 is 169 Å². The minimum atomic E-state index is -4.94. The maximum Gasteiger partial charge on any atom is 1.00 e. The molecule has 2 fully saturated rings. The Kier molecular flexibility index (Phi) is 25.8. The summed E-state index contributed by atoms with van der Waals surface area (Å²) in [6, 6.07) is 0.856. The Morgan fingerprint density at radius 1 is 0.862 bits per heavy atom. The van der Waals surface area contributed by atoms with Crippen molar-refractivity contribution in [3.05, 3.63) is 39.5 Å². The molecule has 2 amide bonds. The molecule has 0 saturated carbocycles. The number of anilines is 4. The molecule has 29 heteroatoms. The third kappa shape index (κ3) is 18.5. The summed E-state index contributed by atoms with van der Waals surface area (Å²) in [6.07, 6.45) is 0.778. The molecule has 2 saturated heterocycles. The fourth-order valence-electron chi connectivity index (χ4n) is 4.80. The fraction of sp³-hybridized carbons (Fsp3) is 0.414. The predicted molar refractivity (Wildman–Crippen MR) is 195 cm³/mol. The normalized spacial score (nSPS) is 15.7. The van der Waals surface area contributed by atoms with E-state index in [0.717, 1.165) is 61.4 Å². The van der Waals surface area contributed by atoms with E-state index in [9.17, 15) is 35.9 Å². The summed E-state index contributed by atoms with van der Waals surface area (Å²) in [5, 5.41) is 32.6. The third-order valence-electron chi connectivity index (χ3n) is 7.48. The molecule has 4 N–H and O–H groups in total. The predicted octanol–water partition coefficient (Wildman–Crippen LogP) is -2.80. The molecule has 0 spiro atoms. The van der Waals surface area contributed by atoms with Gasteiger partial charge in [-0.1, -0.05) is 0 Å². The molecule has 4 aromatic heterocycles. The van der Waals surface area contributed by atoms with E-state index in [1.165, 1.54) is 23.2 Å². The van der Waals surface area contributed by atoms with Gasteiger partial charge in [-0.25, -0.2) is 29.9 Å². The first-order valence-corrected chi connectivity index (χ1v) is 18.5. The van der Waals surface area contributed by atoms with Gasteiger partial charge in [-0.3, -0.25) is 14.4 Å². The summed E-state index contributed by atoms with van der Waals surface area (Å²) in [5.41, 5.74) is 0.911. The van der Waals surface area contributed by atoms with Crippen molar-refractivity contribution in [3.63, 3.8) is 0 Å². The van der Waals surface area contributed by atoms with Gasteiger partial charge in [0.1, 0.15) is 16.6 Å². The van der Waals surface area contributed by atoms with E-state index in [-0.39, 0.29) is 157 Å². The van der Waals surface area contributed by atoms with Gasteiger partial charge in [0.25, 0.3) is 6.47 Å². The van der Waals surface area contributed by atoms with Gasteiger partial charge in [0.15, 0.2) is 3.92 Å². The molecular formula is C29H32BBrCs2F6N10O7S2. The van der Waals surface area contributed by atoms with Crippen molar-refractivity contribution in [1.29, 1.82) is 0 Å². The standard InChI is InChI=1S/C14H14F3N5OS.C9H14BN3O2.C5H2BrF3N2OS.CH2O3.2Cs.H/c1-8-3-2-4-22(8)13-18-5-9(6-19-13)11-20-10(7-24-11)21-12(23)14(15,16)17;1-7-3-2-4-13(7)9-11-5-8(6-12-9)10(14)15;6-4-11-2(1-13-4)10-3(12)5(7,8)9;2-1-4-3;;;/h5-8H,2-4H2,1H3,(H,21,23);5-7,14-15H,2-4H2,1H3;1H,(H,10,12);1,3H;;;/q;;;;2*+1;-1/p-1/t8-;7-;;;;;/m11...../s1. The Bertz CT molecular complexity index is 1880. The smallest absolute Gasteiger partial charge is 1.00 e. The van der Waals surface area contributed by atoms with Gasteiger partial charge < -0.3 is 42.1 Å². The van der Waals surface area contributed by atoms with E-state index < -0.39 is 31.3 Å². The van der Waals surface area contributed by atoms with Crippen LogP contribution in [-0.2, 0) is 19.3 Å². The second-order valence-electron chi connectivity index (χ2n) is 11.5. The third-order valence-corrected chi connectivity index (χ3v) is 9.74. The van der Waals surface area contributed by atoms with Crippen molar-refractivity contribution in [2.24, 2.45) is 0 Å². The molecule has 4 aromatic rings. The zero-order valence-corrected chi connectivity index (χ0v) is 46.8. The number of aromatic nitrogens is 6. The van der Waals surface area contributed by atoms with Crippen molar-refractivity contribution in [3.8, 4) is 10.6 Å².